The number of halogens is 3. The van der Waals surface area contributed by atoms with Crippen molar-refractivity contribution in [2.45, 2.75) is 6.42 Å². The van der Waals surface area contributed by atoms with Crippen LogP contribution in [0.3, 0.4) is 0 Å². The van der Waals surface area contributed by atoms with E-state index in [2.05, 4.69) is 9.97 Å². The van der Waals surface area contributed by atoms with Crippen LogP contribution in [0.5, 0.6) is 0 Å². The Balaban J connectivity index is 2.01. The molecule has 2 aromatic carbocycles. The summed E-state index contributed by atoms with van der Waals surface area (Å²) < 4.78 is 40.1. The van der Waals surface area contributed by atoms with Crippen molar-refractivity contribution in [1.29, 1.82) is 0 Å². The Morgan fingerprint density at radius 3 is 2.47 bits per heavy atom. The monoisotopic (exact) mass is 262 g/mol. The molecule has 19 heavy (non-hydrogen) atoms. The van der Waals surface area contributed by atoms with Gasteiger partial charge in [-0.05, 0) is 30.3 Å². The standard InChI is InChI=1S/C14H9F3N2/c15-8-4-5-12-13(6-8)19-14(18-12)7-9-10(16)2-1-3-11(9)17/h1-6H,7H2,(H,18,19). The lowest BCUT2D eigenvalue weighted by Crippen LogP contribution is -1.98. The molecule has 0 spiro atoms. The molecule has 1 aromatic heterocycles. The zero-order valence-electron chi connectivity index (χ0n) is 9.75. The largest absolute Gasteiger partial charge is 0.342 e. The summed E-state index contributed by atoms with van der Waals surface area (Å²) in [6.45, 7) is 0. The maximum absolute atomic E-state index is 13.5. The summed E-state index contributed by atoms with van der Waals surface area (Å²) in [6.07, 6.45) is -0.00515. The van der Waals surface area contributed by atoms with Gasteiger partial charge in [-0.15, -0.1) is 0 Å². The molecule has 96 valence electrons. The fourth-order valence-electron chi connectivity index (χ4n) is 1.99. The van der Waals surface area contributed by atoms with Crippen LogP contribution in [0.25, 0.3) is 11.0 Å². The highest BCUT2D eigenvalue weighted by Gasteiger charge is 2.12. The minimum absolute atomic E-state index is 0.00515. The number of aromatic nitrogens is 2. The third-order valence-corrected chi connectivity index (χ3v) is 2.90. The van der Waals surface area contributed by atoms with Crippen LogP contribution in [0.1, 0.15) is 11.4 Å². The van der Waals surface area contributed by atoms with E-state index in [0.29, 0.717) is 16.9 Å². The Morgan fingerprint density at radius 2 is 1.74 bits per heavy atom. The molecule has 0 atom stereocenters. The molecular weight excluding hydrogens is 253 g/mol. The van der Waals surface area contributed by atoms with Crippen molar-refractivity contribution in [2.75, 3.05) is 0 Å². The Hall–Kier alpha value is -2.30. The fourth-order valence-corrected chi connectivity index (χ4v) is 1.99. The van der Waals surface area contributed by atoms with Crippen molar-refractivity contribution < 1.29 is 13.2 Å². The van der Waals surface area contributed by atoms with E-state index >= 15 is 0 Å². The van der Waals surface area contributed by atoms with Crippen molar-refractivity contribution in [3.05, 3.63) is 65.2 Å². The van der Waals surface area contributed by atoms with Crippen LogP contribution in [-0.4, -0.2) is 9.97 Å². The number of fused-ring (bicyclic) bond motifs is 1. The highest BCUT2D eigenvalue weighted by atomic mass is 19.1. The Kier molecular flexibility index (Phi) is 2.74. The molecule has 3 rings (SSSR count). The van der Waals surface area contributed by atoms with E-state index in [1.165, 1.54) is 36.4 Å². The molecule has 0 amide bonds. The van der Waals surface area contributed by atoms with E-state index in [1.54, 1.807) is 0 Å². The second kappa shape index (κ2) is 4.42. The first kappa shape index (κ1) is 11.8. The van der Waals surface area contributed by atoms with Crippen molar-refractivity contribution in [1.82, 2.24) is 9.97 Å². The molecule has 0 unspecified atom stereocenters. The van der Waals surface area contributed by atoms with Gasteiger partial charge in [0, 0.05) is 12.0 Å². The molecule has 1 N–H and O–H groups in total. The number of H-pyrrole nitrogens is 1. The van der Waals surface area contributed by atoms with E-state index in [0.717, 1.165) is 0 Å². The fraction of sp³-hybridized carbons (Fsp3) is 0.0714. The van der Waals surface area contributed by atoms with Gasteiger partial charge in [0.2, 0.25) is 0 Å². The minimum Gasteiger partial charge on any atom is -0.342 e. The molecule has 0 aliphatic carbocycles. The van der Waals surface area contributed by atoms with Crippen LogP contribution in [0.4, 0.5) is 13.2 Å². The molecule has 0 saturated carbocycles. The normalized spacial score (nSPS) is 11.1. The van der Waals surface area contributed by atoms with Gasteiger partial charge in [0.1, 0.15) is 23.3 Å². The Bertz CT molecular complexity index is 729. The van der Waals surface area contributed by atoms with Gasteiger partial charge in [0.25, 0.3) is 0 Å². The SMILES string of the molecule is Fc1ccc2nc(Cc3c(F)cccc3F)[nH]c2c1. The number of rotatable bonds is 2. The summed E-state index contributed by atoms with van der Waals surface area (Å²) in [6, 6.07) is 7.80. The van der Waals surface area contributed by atoms with Crippen molar-refractivity contribution in [3.63, 3.8) is 0 Å². The third kappa shape index (κ3) is 2.19. The molecule has 0 aliphatic rings. The second-order valence-electron chi connectivity index (χ2n) is 4.22. The van der Waals surface area contributed by atoms with Gasteiger partial charge in [-0.2, -0.15) is 0 Å². The smallest absolute Gasteiger partial charge is 0.129 e. The second-order valence-corrected chi connectivity index (χ2v) is 4.22. The molecule has 3 aromatic rings. The predicted octanol–water partition coefficient (Wildman–Crippen LogP) is 3.57. The van der Waals surface area contributed by atoms with Crippen LogP contribution >= 0.6 is 0 Å². The first-order chi connectivity index (χ1) is 9.13. The van der Waals surface area contributed by atoms with Crippen LogP contribution < -0.4 is 0 Å². The molecule has 5 heteroatoms. The molecular formula is C14H9F3N2. The van der Waals surface area contributed by atoms with E-state index in [9.17, 15) is 13.2 Å². The lowest BCUT2D eigenvalue weighted by atomic mass is 10.1. The first-order valence-corrected chi connectivity index (χ1v) is 5.70. The van der Waals surface area contributed by atoms with Crippen molar-refractivity contribution >= 4 is 11.0 Å². The Morgan fingerprint density at radius 1 is 1.00 bits per heavy atom. The van der Waals surface area contributed by atoms with Gasteiger partial charge >= 0.3 is 0 Å². The van der Waals surface area contributed by atoms with Crippen molar-refractivity contribution in [3.8, 4) is 0 Å². The van der Waals surface area contributed by atoms with Crippen LogP contribution in [0, 0.1) is 17.5 Å². The summed E-state index contributed by atoms with van der Waals surface area (Å²) in [5.41, 5.74) is 1.02. The maximum atomic E-state index is 13.5. The number of nitrogens with zero attached hydrogens (tertiary/aromatic N) is 1. The molecule has 0 aliphatic heterocycles. The molecule has 2 nitrogen and oxygen atoms in total. The minimum atomic E-state index is -0.619. The summed E-state index contributed by atoms with van der Waals surface area (Å²) >= 11 is 0. The lowest BCUT2D eigenvalue weighted by Gasteiger charge is -2.01. The van der Waals surface area contributed by atoms with Gasteiger partial charge in [-0.1, -0.05) is 6.07 Å². The number of hydrogen-bond acceptors (Lipinski definition) is 1. The van der Waals surface area contributed by atoms with E-state index < -0.39 is 11.6 Å². The molecule has 0 bridgehead atoms. The highest BCUT2D eigenvalue weighted by Crippen LogP contribution is 2.18. The number of hydrogen-bond donors (Lipinski definition) is 1. The number of imidazole rings is 1. The van der Waals surface area contributed by atoms with Crippen molar-refractivity contribution in [2.24, 2.45) is 0 Å². The van der Waals surface area contributed by atoms with E-state index in [4.69, 9.17) is 0 Å². The summed E-state index contributed by atoms with van der Waals surface area (Å²) in [5.74, 6) is -1.23. The highest BCUT2D eigenvalue weighted by molar-refractivity contribution is 5.75. The average molecular weight is 262 g/mol. The van der Waals surface area contributed by atoms with E-state index in [1.807, 2.05) is 0 Å². The zero-order valence-corrected chi connectivity index (χ0v) is 9.75. The molecule has 0 radical (unpaired) electrons. The van der Waals surface area contributed by atoms with E-state index in [-0.39, 0.29) is 17.8 Å². The van der Waals surface area contributed by atoms with Gasteiger partial charge in [0.05, 0.1) is 11.0 Å². The average Bonchev–Trinajstić information content (AvgIpc) is 2.75. The van der Waals surface area contributed by atoms with Crippen LogP contribution in [0.15, 0.2) is 36.4 Å². The van der Waals surface area contributed by atoms with Gasteiger partial charge in [0.15, 0.2) is 0 Å². The lowest BCUT2D eigenvalue weighted by molar-refractivity contribution is 0.559. The number of nitrogens with one attached hydrogen (secondary N) is 1. The van der Waals surface area contributed by atoms with Gasteiger partial charge in [-0.25, -0.2) is 18.2 Å². The number of aromatic amines is 1. The third-order valence-electron chi connectivity index (χ3n) is 2.90. The van der Waals surface area contributed by atoms with Crippen LogP contribution in [0.2, 0.25) is 0 Å². The summed E-state index contributed by atoms with van der Waals surface area (Å²) in [4.78, 5) is 7.03. The predicted molar refractivity (Wildman–Crippen MR) is 65.2 cm³/mol. The first-order valence-electron chi connectivity index (χ1n) is 5.70. The van der Waals surface area contributed by atoms with Crippen LogP contribution in [-0.2, 0) is 6.42 Å². The molecule has 0 fully saturated rings. The molecule has 1 heterocycles. The Labute approximate surface area is 106 Å². The quantitative estimate of drug-likeness (QED) is 0.751. The number of benzene rings is 2. The van der Waals surface area contributed by atoms with Gasteiger partial charge < -0.3 is 4.98 Å². The zero-order chi connectivity index (χ0) is 13.4. The molecule has 0 saturated heterocycles. The summed E-state index contributed by atoms with van der Waals surface area (Å²) in [5, 5.41) is 0. The van der Waals surface area contributed by atoms with Gasteiger partial charge in [-0.3, -0.25) is 0 Å². The maximum Gasteiger partial charge on any atom is 0.129 e. The summed E-state index contributed by atoms with van der Waals surface area (Å²) in [7, 11) is 0. The topological polar surface area (TPSA) is 28.7 Å².